The number of nitrogens with zero attached hydrogens (tertiary/aromatic N) is 3. The number of aryl methyl sites for hydroxylation is 1. The van der Waals surface area contributed by atoms with Crippen molar-refractivity contribution >= 4 is 5.91 Å². The Morgan fingerprint density at radius 2 is 2.43 bits per heavy atom. The smallest absolute Gasteiger partial charge is 0.274 e. The summed E-state index contributed by atoms with van der Waals surface area (Å²) in [6.07, 6.45) is 1.19. The Labute approximate surface area is 82.9 Å². The molecule has 1 heterocycles. The molecule has 0 bridgehead atoms. The van der Waals surface area contributed by atoms with Gasteiger partial charge < -0.3 is 10.0 Å². The Morgan fingerprint density at radius 3 is 2.86 bits per heavy atom. The molecule has 14 heavy (non-hydrogen) atoms. The van der Waals surface area contributed by atoms with Gasteiger partial charge in [0, 0.05) is 26.8 Å². The number of aliphatic hydroxyl groups excluding tert-OH is 1. The second-order valence-corrected chi connectivity index (χ2v) is 3.41. The van der Waals surface area contributed by atoms with E-state index < -0.39 is 6.10 Å². The number of aromatic nitrogens is 2. The third kappa shape index (κ3) is 2.56. The van der Waals surface area contributed by atoms with Crippen LogP contribution >= 0.6 is 0 Å². The third-order valence-electron chi connectivity index (χ3n) is 1.82. The average molecular weight is 197 g/mol. The number of hydrogen-bond donors (Lipinski definition) is 1. The molecule has 0 radical (unpaired) electrons. The normalized spacial score (nSPS) is 12.6. The van der Waals surface area contributed by atoms with Crippen LogP contribution in [0.3, 0.4) is 0 Å². The summed E-state index contributed by atoms with van der Waals surface area (Å²) in [4.78, 5) is 13.1. The van der Waals surface area contributed by atoms with Gasteiger partial charge in [-0.15, -0.1) is 0 Å². The number of hydrogen-bond acceptors (Lipinski definition) is 3. The fraction of sp³-hybridized carbons (Fsp3) is 0.556. The molecule has 5 heteroatoms. The van der Waals surface area contributed by atoms with Gasteiger partial charge >= 0.3 is 0 Å². The molecule has 0 saturated carbocycles. The summed E-state index contributed by atoms with van der Waals surface area (Å²) >= 11 is 0. The van der Waals surface area contributed by atoms with Crippen molar-refractivity contribution in [3.63, 3.8) is 0 Å². The van der Waals surface area contributed by atoms with E-state index in [0.29, 0.717) is 12.2 Å². The van der Waals surface area contributed by atoms with Crippen LogP contribution in [0.25, 0.3) is 0 Å². The summed E-state index contributed by atoms with van der Waals surface area (Å²) in [6.45, 7) is 1.96. The molecule has 0 spiro atoms. The first-order chi connectivity index (χ1) is 6.50. The van der Waals surface area contributed by atoms with E-state index in [1.165, 1.54) is 4.90 Å². The topological polar surface area (TPSA) is 58.4 Å². The van der Waals surface area contributed by atoms with Crippen molar-refractivity contribution < 1.29 is 9.90 Å². The highest BCUT2D eigenvalue weighted by atomic mass is 16.3. The second-order valence-electron chi connectivity index (χ2n) is 3.41. The minimum absolute atomic E-state index is 0.175. The summed E-state index contributed by atoms with van der Waals surface area (Å²) < 4.78 is 1.57. The molecule has 1 amide bonds. The summed E-state index contributed by atoms with van der Waals surface area (Å²) in [5.74, 6) is -0.175. The molecule has 1 unspecified atom stereocenters. The molecule has 1 aromatic heterocycles. The Hall–Kier alpha value is -1.36. The monoisotopic (exact) mass is 197 g/mol. The largest absolute Gasteiger partial charge is 0.392 e. The molecular formula is C9H15N3O2. The number of carbonyl (C=O) groups is 1. The van der Waals surface area contributed by atoms with Crippen molar-refractivity contribution in [2.45, 2.75) is 13.0 Å². The number of likely N-dealkylation sites (N-methyl/N-ethyl adjacent to an activating group) is 1. The minimum atomic E-state index is -0.521. The lowest BCUT2D eigenvalue weighted by molar-refractivity contribution is 0.0697. The van der Waals surface area contributed by atoms with Crippen molar-refractivity contribution in [3.05, 3.63) is 18.0 Å². The predicted molar refractivity (Wildman–Crippen MR) is 51.8 cm³/mol. The molecule has 0 aliphatic rings. The summed E-state index contributed by atoms with van der Waals surface area (Å²) in [5, 5.41) is 13.1. The van der Waals surface area contributed by atoms with E-state index in [1.54, 1.807) is 38.0 Å². The molecule has 1 N–H and O–H groups in total. The van der Waals surface area contributed by atoms with Gasteiger partial charge in [-0.1, -0.05) is 0 Å². The average Bonchev–Trinajstić information content (AvgIpc) is 2.49. The van der Waals surface area contributed by atoms with E-state index >= 15 is 0 Å². The summed E-state index contributed by atoms with van der Waals surface area (Å²) in [6, 6.07) is 1.65. The van der Waals surface area contributed by atoms with Gasteiger partial charge in [-0.3, -0.25) is 9.48 Å². The molecular weight excluding hydrogens is 182 g/mol. The Bertz CT molecular complexity index is 320. The molecule has 0 aliphatic carbocycles. The van der Waals surface area contributed by atoms with Crippen LogP contribution in [0.1, 0.15) is 17.4 Å². The Balaban J connectivity index is 2.65. The maximum Gasteiger partial charge on any atom is 0.274 e. The summed E-state index contributed by atoms with van der Waals surface area (Å²) in [5.41, 5.74) is 0.399. The highest BCUT2D eigenvalue weighted by Gasteiger charge is 2.15. The molecule has 0 fully saturated rings. The predicted octanol–water partition coefficient (Wildman–Crippen LogP) is -0.127. The zero-order valence-corrected chi connectivity index (χ0v) is 8.64. The molecule has 0 aliphatic heterocycles. The van der Waals surface area contributed by atoms with E-state index in [2.05, 4.69) is 5.10 Å². The van der Waals surface area contributed by atoms with Gasteiger partial charge in [-0.05, 0) is 13.0 Å². The maximum atomic E-state index is 11.6. The zero-order chi connectivity index (χ0) is 10.7. The van der Waals surface area contributed by atoms with Gasteiger partial charge in [0.2, 0.25) is 0 Å². The van der Waals surface area contributed by atoms with Gasteiger partial charge in [-0.2, -0.15) is 5.10 Å². The van der Waals surface area contributed by atoms with Crippen LogP contribution in [0.2, 0.25) is 0 Å². The number of rotatable bonds is 3. The maximum absolute atomic E-state index is 11.6. The SMILES string of the molecule is CC(O)CN(C)C(=O)c1ccn(C)n1. The van der Waals surface area contributed by atoms with Gasteiger partial charge in [0.1, 0.15) is 5.69 Å². The first-order valence-electron chi connectivity index (χ1n) is 4.44. The highest BCUT2D eigenvalue weighted by molar-refractivity contribution is 5.91. The van der Waals surface area contributed by atoms with Crippen molar-refractivity contribution in [1.29, 1.82) is 0 Å². The van der Waals surface area contributed by atoms with Crippen LogP contribution < -0.4 is 0 Å². The van der Waals surface area contributed by atoms with Crippen LogP contribution in [-0.4, -0.2) is 45.4 Å². The van der Waals surface area contributed by atoms with Crippen molar-refractivity contribution in [1.82, 2.24) is 14.7 Å². The zero-order valence-electron chi connectivity index (χ0n) is 8.64. The lowest BCUT2D eigenvalue weighted by atomic mass is 10.3. The minimum Gasteiger partial charge on any atom is -0.392 e. The third-order valence-corrected chi connectivity index (χ3v) is 1.82. The summed E-state index contributed by atoms with van der Waals surface area (Å²) in [7, 11) is 3.40. The Kier molecular flexibility index (Phi) is 3.24. The van der Waals surface area contributed by atoms with E-state index in [-0.39, 0.29) is 5.91 Å². The van der Waals surface area contributed by atoms with Crippen LogP contribution in [0.5, 0.6) is 0 Å². The fourth-order valence-corrected chi connectivity index (χ4v) is 1.20. The number of carbonyl (C=O) groups excluding carboxylic acids is 1. The van der Waals surface area contributed by atoms with E-state index in [0.717, 1.165) is 0 Å². The van der Waals surface area contributed by atoms with Crippen LogP contribution in [0, 0.1) is 0 Å². The molecule has 0 aromatic carbocycles. The second kappa shape index (κ2) is 4.23. The van der Waals surface area contributed by atoms with Gasteiger partial charge in [0.25, 0.3) is 5.91 Å². The quantitative estimate of drug-likeness (QED) is 0.734. The molecule has 5 nitrogen and oxygen atoms in total. The van der Waals surface area contributed by atoms with E-state index in [1.807, 2.05) is 0 Å². The standard InChI is InChI=1S/C9H15N3O2/c1-7(13)6-11(2)9(14)8-4-5-12(3)10-8/h4-5,7,13H,6H2,1-3H3. The number of amides is 1. The Morgan fingerprint density at radius 1 is 1.79 bits per heavy atom. The molecule has 0 saturated heterocycles. The lowest BCUT2D eigenvalue weighted by Gasteiger charge is -2.17. The van der Waals surface area contributed by atoms with Crippen molar-refractivity contribution in [2.75, 3.05) is 13.6 Å². The number of aliphatic hydroxyl groups is 1. The molecule has 1 aromatic rings. The van der Waals surface area contributed by atoms with E-state index in [9.17, 15) is 4.79 Å². The van der Waals surface area contributed by atoms with Crippen molar-refractivity contribution in [3.8, 4) is 0 Å². The van der Waals surface area contributed by atoms with E-state index in [4.69, 9.17) is 5.11 Å². The van der Waals surface area contributed by atoms with Gasteiger partial charge in [0.05, 0.1) is 6.10 Å². The van der Waals surface area contributed by atoms with Gasteiger partial charge in [-0.25, -0.2) is 0 Å². The van der Waals surface area contributed by atoms with Crippen molar-refractivity contribution in [2.24, 2.45) is 7.05 Å². The first-order valence-corrected chi connectivity index (χ1v) is 4.44. The highest BCUT2D eigenvalue weighted by Crippen LogP contribution is 2.00. The van der Waals surface area contributed by atoms with Crippen LogP contribution in [-0.2, 0) is 7.05 Å². The fourth-order valence-electron chi connectivity index (χ4n) is 1.20. The van der Waals surface area contributed by atoms with Crippen LogP contribution in [0.4, 0.5) is 0 Å². The molecule has 1 rings (SSSR count). The molecule has 78 valence electrons. The first kappa shape index (κ1) is 10.7. The molecule has 1 atom stereocenters. The van der Waals surface area contributed by atoms with Crippen LogP contribution in [0.15, 0.2) is 12.3 Å². The van der Waals surface area contributed by atoms with Gasteiger partial charge in [0.15, 0.2) is 0 Å². The lowest BCUT2D eigenvalue weighted by Crippen LogP contribution is -2.33.